The number of hydrogen-bond donors (Lipinski definition) is 0. The third-order valence-electron chi connectivity index (χ3n) is 7.45. The zero-order valence-electron chi connectivity index (χ0n) is 20.5. The van der Waals surface area contributed by atoms with Crippen molar-refractivity contribution in [1.29, 1.82) is 0 Å². The number of piperazine rings is 1. The number of carbonyl (C=O) groups is 3. The Balaban J connectivity index is 1.15. The number of carbonyl (C=O) groups excluding carboxylic acids is 3. The molecule has 0 N–H and O–H groups in total. The number of halogens is 1. The molecule has 7 heteroatoms. The predicted molar refractivity (Wildman–Crippen MR) is 136 cm³/mol. The molecule has 0 spiro atoms. The molecular formula is C29H30FN3O3. The maximum absolute atomic E-state index is 13.9. The molecule has 0 aromatic heterocycles. The van der Waals surface area contributed by atoms with Crippen LogP contribution in [-0.2, 0) is 4.79 Å². The lowest BCUT2D eigenvalue weighted by atomic mass is 9.94. The van der Waals surface area contributed by atoms with E-state index in [-0.39, 0.29) is 29.5 Å². The second-order valence-electron chi connectivity index (χ2n) is 9.67. The van der Waals surface area contributed by atoms with Crippen molar-refractivity contribution in [2.24, 2.45) is 5.92 Å². The van der Waals surface area contributed by atoms with Crippen LogP contribution in [0, 0.1) is 18.7 Å². The zero-order valence-corrected chi connectivity index (χ0v) is 20.5. The minimum atomic E-state index is -0.389. The summed E-state index contributed by atoms with van der Waals surface area (Å²) in [4.78, 5) is 44.5. The lowest BCUT2D eigenvalue weighted by molar-refractivity contribution is -0.138. The topological polar surface area (TPSA) is 60.9 Å². The minimum absolute atomic E-state index is 0.0115. The van der Waals surface area contributed by atoms with E-state index in [9.17, 15) is 18.8 Å². The molecule has 0 unspecified atom stereocenters. The Morgan fingerprint density at radius 2 is 1.39 bits per heavy atom. The number of piperidine rings is 1. The van der Waals surface area contributed by atoms with Crippen molar-refractivity contribution in [2.75, 3.05) is 39.3 Å². The van der Waals surface area contributed by atoms with Gasteiger partial charge in [-0.1, -0.05) is 42.5 Å². The summed E-state index contributed by atoms with van der Waals surface area (Å²) in [6, 6.07) is 18.2. The highest BCUT2D eigenvalue weighted by molar-refractivity contribution is 6.07. The van der Waals surface area contributed by atoms with Gasteiger partial charge in [-0.2, -0.15) is 0 Å². The lowest BCUT2D eigenvalue weighted by Gasteiger charge is -2.38. The van der Waals surface area contributed by atoms with Gasteiger partial charge in [-0.15, -0.1) is 0 Å². The van der Waals surface area contributed by atoms with Crippen molar-refractivity contribution in [2.45, 2.75) is 19.8 Å². The number of hydrogen-bond acceptors (Lipinski definition) is 3. The molecular weight excluding hydrogens is 457 g/mol. The highest BCUT2D eigenvalue weighted by atomic mass is 19.1. The molecule has 2 aliphatic rings. The molecule has 2 fully saturated rings. The first-order valence-corrected chi connectivity index (χ1v) is 12.5. The highest BCUT2D eigenvalue weighted by Crippen LogP contribution is 2.25. The van der Waals surface area contributed by atoms with Gasteiger partial charge in [-0.05, 0) is 54.3 Å². The number of fused-ring (bicyclic) bond motifs is 1. The zero-order chi connectivity index (χ0) is 25.2. The molecule has 3 amide bonds. The van der Waals surface area contributed by atoms with Crippen LogP contribution >= 0.6 is 0 Å². The molecule has 3 aromatic rings. The molecule has 0 atom stereocenters. The summed E-state index contributed by atoms with van der Waals surface area (Å²) in [7, 11) is 0. The van der Waals surface area contributed by atoms with E-state index in [0.29, 0.717) is 68.8 Å². The van der Waals surface area contributed by atoms with E-state index in [0.717, 1.165) is 10.8 Å². The van der Waals surface area contributed by atoms with E-state index in [2.05, 4.69) is 0 Å². The van der Waals surface area contributed by atoms with E-state index in [1.54, 1.807) is 24.0 Å². The molecule has 6 nitrogen and oxygen atoms in total. The molecule has 3 aromatic carbocycles. The van der Waals surface area contributed by atoms with Crippen LogP contribution in [-0.4, -0.2) is 71.7 Å². The van der Waals surface area contributed by atoms with Gasteiger partial charge in [0.15, 0.2) is 0 Å². The minimum Gasteiger partial charge on any atom is -0.339 e. The number of nitrogens with zero attached hydrogens (tertiary/aromatic N) is 3. The lowest BCUT2D eigenvalue weighted by Crippen LogP contribution is -2.53. The second-order valence-corrected chi connectivity index (χ2v) is 9.67. The summed E-state index contributed by atoms with van der Waals surface area (Å²) in [5.74, 6) is -0.602. The Kier molecular flexibility index (Phi) is 6.72. The molecule has 0 aliphatic carbocycles. The van der Waals surface area contributed by atoms with Gasteiger partial charge < -0.3 is 14.7 Å². The van der Waals surface area contributed by atoms with Crippen LogP contribution in [0.3, 0.4) is 0 Å². The first-order valence-electron chi connectivity index (χ1n) is 12.5. The van der Waals surface area contributed by atoms with E-state index < -0.39 is 0 Å². The van der Waals surface area contributed by atoms with E-state index in [4.69, 9.17) is 0 Å². The summed E-state index contributed by atoms with van der Waals surface area (Å²) in [5, 5.41) is 1.99. The van der Waals surface area contributed by atoms with Crippen LogP contribution in [0.1, 0.15) is 39.1 Å². The van der Waals surface area contributed by atoms with Crippen LogP contribution < -0.4 is 0 Å². The van der Waals surface area contributed by atoms with Crippen molar-refractivity contribution in [3.63, 3.8) is 0 Å². The molecule has 0 bridgehead atoms. The predicted octanol–water partition coefficient (Wildman–Crippen LogP) is 4.12. The number of aryl methyl sites for hydroxylation is 1. The summed E-state index contributed by atoms with van der Waals surface area (Å²) >= 11 is 0. The highest BCUT2D eigenvalue weighted by Gasteiger charge is 2.33. The summed E-state index contributed by atoms with van der Waals surface area (Å²) < 4.78 is 13.9. The fourth-order valence-electron chi connectivity index (χ4n) is 5.21. The van der Waals surface area contributed by atoms with Crippen LogP contribution in [0.5, 0.6) is 0 Å². The van der Waals surface area contributed by atoms with Gasteiger partial charge in [0.2, 0.25) is 5.91 Å². The van der Waals surface area contributed by atoms with Crippen molar-refractivity contribution in [3.8, 4) is 0 Å². The van der Waals surface area contributed by atoms with Gasteiger partial charge in [0, 0.05) is 56.3 Å². The van der Waals surface area contributed by atoms with Gasteiger partial charge >= 0.3 is 0 Å². The van der Waals surface area contributed by atoms with Gasteiger partial charge in [-0.3, -0.25) is 14.4 Å². The number of rotatable bonds is 3. The van der Waals surface area contributed by atoms with Crippen molar-refractivity contribution in [3.05, 3.63) is 83.2 Å². The molecule has 0 radical (unpaired) electrons. The largest absolute Gasteiger partial charge is 0.339 e. The maximum atomic E-state index is 13.9. The maximum Gasteiger partial charge on any atom is 0.254 e. The third-order valence-corrected chi connectivity index (χ3v) is 7.45. The Labute approximate surface area is 210 Å². The molecule has 2 aliphatic heterocycles. The molecule has 2 saturated heterocycles. The normalized spacial score (nSPS) is 16.9. The van der Waals surface area contributed by atoms with Gasteiger partial charge in [-0.25, -0.2) is 4.39 Å². The smallest absolute Gasteiger partial charge is 0.254 e. The number of likely N-dealkylation sites (tertiary alicyclic amines) is 1. The average molecular weight is 488 g/mol. The van der Waals surface area contributed by atoms with Crippen molar-refractivity contribution in [1.82, 2.24) is 14.7 Å². The Bertz CT molecular complexity index is 1300. The molecule has 186 valence electrons. The van der Waals surface area contributed by atoms with E-state index in [1.165, 1.54) is 6.07 Å². The molecule has 5 rings (SSSR count). The Hall–Kier alpha value is -3.74. The first-order chi connectivity index (χ1) is 17.4. The summed E-state index contributed by atoms with van der Waals surface area (Å²) in [6.45, 7) is 4.56. The molecule has 2 heterocycles. The van der Waals surface area contributed by atoms with E-state index in [1.807, 2.05) is 52.3 Å². The Morgan fingerprint density at radius 3 is 2.11 bits per heavy atom. The average Bonchev–Trinajstić information content (AvgIpc) is 2.93. The molecule has 0 saturated carbocycles. The van der Waals surface area contributed by atoms with Crippen LogP contribution in [0.2, 0.25) is 0 Å². The monoisotopic (exact) mass is 487 g/mol. The van der Waals surface area contributed by atoms with Gasteiger partial charge in [0.1, 0.15) is 5.82 Å². The number of benzene rings is 3. The fraction of sp³-hybridized carbons (Fsp3) is 0.345. The fourth-order valence-corrected chi connectivity index (χ4v) is 5.21. The van der Waals surface area contributed by atoms with Gasteiger partial charge in [0.05, 0.1) is 0 Å². The van der Waals surface area contributed by atoms with Crippen LogP contribution in [0.25, 0.3) is 10.8 Å². The third kappa shape index (κ3) is 4.70. The van der Waals surface area contributed by atoms with Crippen molar-refractivity contribution < 1.29 is 18.8 Å². The summed E-state index contributed by atoms with van der Waals surface area (Å²) in [5.41, 5.74) is 1.54. The Morgan fingerprint density at radius 1 is 0.750 bits per heavy atom. The van der Waals surface area contributed by atoms with Crippen LogP contribution in [0.4, 0.5) is 4.39 Å². The summed E-state index contributed by atoms with van der Waals surface area (Å²) in [6.07, 6.45) is 1.27. The second kappa shape index (κ2) is 10.1. The SMILES string of the molecule is Cc1ccc(C(=O)N2CCN(C(=O)C3CCN(C(=O)c4cccc5ccccc45)CC3)CC2)cc1F. The first kappa shape index (κ1) is 24.0. The quantitative estimate of drug-likeness (QED) is 0.558. The van der Waals surface area contributed by atoms with E-state index >= 15 is 0 Å². The van der Waals surface area contributed by atoms with Crippen LogP contribution in [0.15, 0.2) is 60.7 Å². The van der Waals surface area contributed by atoms with Gasteiger partial charge in [0.25, 0.3) is 11.8 Å². The number of amides is 3. The molecule has 36 heavy (non-hydrogen) atoms. The van der Waals surface area contributed by atoms with Crippen molar-refractivity contribution >= 4 is 28.5 Å². The standard InChI is InChI=1S/C29H30FN3O3/c1-20-9-10-23(19-26(20)30)28(35)33-17-15-32(16-18-33)27(34)22-11-13-31(14-12-22)29(36)25-8-4-6-21-5-2-3-7-24(21)25/h2-10,19,22H,11-18H2,1H3.